The van der Waals surface area contributed by atoms with Crippen LogP contribution in [-0.4, -0.2) is 28.8 Å². The molecule has 0 saturated heterocycles. The van der Waals surface area contributed by atoms with Crippen LogP contribution in [0.3, 0.4) is 0 Å². The van der Waals surface area contributed by atoms with Crippen LogP contribution in [0, 0.1) is 12.8 Å². The van der Waals surface area contributed by atoms with Crippen LogP contribution >= 0.6 is 0 Å². The highest BCUT2D eigenvalue weighted by atomic mass is 16.1. The van der Waals surface area contributed by atoms with Crippen molar-refractivity contribution in [2.45, 2.75) is 19.8 Å². The summed E-state index contributed by atoms with van der Waals surface area (Å²) in [6.45, 7) is 3.07. The highest BCUT2D eigenvalue weighted by Gasteiger charge is 2.21. The average molecular weight is 222 g/mol. The van der Waals surface area contributed by atoms with Crippen LogP contribution in [-0.2, 0) is 11.8 Å². The lowest BCUT2D eigenvalue weighted by Crippen LogP contribution is -2.31. The first-order chi connectivity index (χ1) is 7.65. The Labute approximate surface area is 95.2 Å². The molecule has 0 radical (unpaired) electrons. The summed E-state index contributed by atoms with van der Waals surface area (Å²) in [7, 11) is 1.87. The standard InChI is InChI=1S/C11H18N4O/c1-8-10(7-15(2)14-8)12-6-11(16)13-5-9-3-4-9/h7,9,12H,3-6H2,1-2H3,(H,13,16). The van der Waals surface area contributed by atoms with Gasteiger partial charge < -0.3 is 10.6 Å². The first-order valence-corrected chi connectivity index (χ1v) is 5.66. The van der Waals surface area contributed by atoms with Crippen molar-refractivity contribution in [1.29, 1.82) is 0 Å². The second kappa shape index (κ2) is 4.55. The number of nitrogens with one attached hydrogen (secondary N) is 2. The molecule has 1 amide bonds. The van der Waals surface area contributed by atoms with E-state index in [1.807, 2.05) is 20.2 Å². The molecule has 5 heteroatoms. The molecule has 2 rings (SSSR count). The van der Waals surface area contributed by atoms with Crippen molar-refractivity contribution in [3.63, 3.8) is 0 Å². The van der Waals surface area contributed by atoms with E-state index in [1.165, 1.54) is 12.8 Å². The molecule has 1 saturated carbocycles. The largest absolute Gasteiger partial charge is 0.373 e. The van der Waals surface area contributed by atoms with Gasteiger partial charge in [0.1, 0.15) is 0 Å². The normalized spacial score (nSPS) is 14.9. The zero-order valence-corrected chi connectivity index (χ0v) is 9.79. The van der Waals surface area contributed by atoms with Crippen molar-refractivity contribution >= 4 is 11.6 Å². The minimum absolute atomic E-state index is 0.0511. The monoisotopic (exact) mass is 222 g/mol. The van der Waals surface area contributed by atoms with Crippen LogP contribution in [0.4, 0.5) is 5.69 Å². The van der Waals surface area contributed by atoms with E-state index in [4.69, 9.17) is 0 Å². The fraction of sp³-hybridized carbons (Fsp3) is 0.636. The molecule has 0 spiro atoms. The van der Waals surface area contributed by atoms with Gasteiger partial charge in [0.05, 0.1) is 17.9 Å². The van der Waals surface area contributed by atoms with Crippen LogP contribution in [0.1, 0.15) is 18.5 Å². The third-order valence-electron chi connectivity index (χ3n) is 2.74. The maximum absolute atomic E-state index is 11.5. The van der Waals surface area contributed by atoms with Gasteiger partial charge in [-0.3, -0.25) is 9.48 Å². The molecule has 1 fully saturated rings. The Hall–Kier alpha value is -1.52. The minimum atomic E-state index is 0.0511. The highest BCUT2D eigenvalue weighted by molar-refractivity contribution is 5.80. The van der Waals surface area contributed by atoms with Crippen molar-refractivity contribution in [2.75, 3.05) is 18.4 Å². The molecular weight excluding hydrogens is 204 g/mol. The number of aryl methyl sites for hydroxylation is 2. The molecule has 1 aromatic heterocycles. The summed E-state index contributed by atoms with van der Waals surface area (Å²) >= 11 is 0. The zero-order valence-electron chi connectivity index (χ0n) is 9.79. The molecule has 1 aliphatic rings. The summed E-state index contributed by atoms with van der Waals surface area (Å²) in [6, 6.07) is 0. The van der Waals surface area contributed by atoms with Crippen molar-refractivity contribution in [2.24, 2.45) is 13.0 Å². The first kappa shape index (κ1) is 11.0. The Kier molecular flexibility index (Phi) is 3.12. The highest BCUT2D eigenvalue weighted by Crippen LogP contribution is 2.27. The van der Waals surface area contributed by atoms with Gasteiger partial charge in [-0.05, 0) is 25.7 Å². The summed E-state index contributed by atoms with van der Waals surface area (Å²) in [5, 5.41) is 10.2. The van der Waals surface area contributed by atoms with Crippen LogP contribution in [0.2, 0.25) is 0 Å². The Morgan fingerprint density at radius 1 is 1.62 bits per heavy atom. The molecule has 0 aromatic carbocycles. The quantitative estimate of drug-likeness (QED) is 0.769. The Balaban J connectivity index is 1.73. The topological polar surface area (TPSA) is 59.0 Å². The Bertz CT molecular complexity index is 381. The van der Waals surface area contributed by atoms with Crippen molar-refractivity contribution in [3.8, 4) is 0 Å². The van der Waals surface area contributed by atoms with Gasteiger partial charge in [-0.2, -0.15) is 5.10 Å². The summed E-state index contributed by atoms with van der Waals surface area (Å²) in [6.07, 6.45) is 4.40. The lowest BCUT2D eigenvalue weighted by Gasteiger charge is -2.05. The molecule has 1 heterocycles. The molecule has 2 N–H and O–H groups in total. The summed E-state index contributed by atoms with van der Waals surface area (Å²) in [4.78, 5) is 11.5. The number of hydrogen-bond acceptors (Lipinski definition) is 3. The lowest BCUT2D eigenvalue weighted by molar-refractivity contribution is -0.119. The molecule has 5 nitrogen and oxygen atoms in total. The smallest absolute Gasteiger partial charge is 0.239 e. The number of anilines is 1. The van der Waals surface area contributed by atoms with Crippen molar-refractivity contribution < 1.29 is 4.79 Å². The number of hydrogen-bond donors (Lipinski definition) is 2. The van der Waals surface area contributed by atoms with Gasteiger partial charge in [-0.25, -0.2) is 0 Å². The average Bonchev–Trinajstić information content (AvgIpc) is 2.99. The van der Waals surface area contributed by atoms with E-state index in [0.29, 0.717) is 6.54 Å². The molecule has 0 bridgehead atoms. The van der Waals surface area contributed by atoms with Gasteiger partial charge in [0.25, 0.3) is 0 Å². The number of amides is 1. The SMILES string of the molecule is Cc1nn(C)cc1NCC(=O)NCC1CC1. The molecule has 88 valence electrons. The first-order valence-electron chi connectivity index (χ1n) is 5.66. The van der Waals surface area contributed by atoms with E-state index < -0.39 is 0 Å². The van der Waals surface area contributed by atoms with Crippen LogP contribution in [0.5, 0.6) is 0 Å². The lowest BCUT2D eigenvalue weighted by atomic mass is 10.4. The van der Waals surface area contributed by atoms with E-state index in [-0.39, 0.29) is 5.91 Å². The van der Waals surface area contributed by atoms with E-state index in [2.05, 4.69) is 15.7 Å². The third-order valence-corrected chi connectivity index (χ3v) is 2.74. The van der Waals surface area contributed by atoms with E-state index in [9.17, 15) is 4.79 Å². The van der Waals surface area contributed by atoms with Gasteiger partial charge in [-0.15, -0.1) is 0 Å². The maximum Gasteiger partial charge on any atom is 0.239 e. The van der Waals surface area contributed by atoms with Crippen LogP contribution in [0.15, 0.2) is 6.20 Å². The number of nitrogens with zero attached hydrogens (tertiary/aromatic N) is 2. The molecule has 0 aliphatic heterocycles. The van der Waals surface area contributed by atoms with Gasteiger partial charge in [-0.1, -0.05) is 0 Å². The molecule has 0 atom stereocenters. The van der Waals surface area contributed by atoms with E-state index in [1.54, 1.807) is 4.68 Å². The van der Waals surface area contributed by atoms with Crippen LogP contribution in [0.25, 0.3) is 0 Å². The molecule has 0 unspecified atom stereocenters. The van der Waals surface area contributed by atoms with Gasteiger partial charge in [0.2, 0.25) is 5.91 Å². The van der Waals surface area contributed by atoms with Crippen molar-refractivity contribution in [3.05, 3.63) is 11.9 Å². The van der Waals surface area contributed by atoms with Gasteiger partial charge >= 0.3 is 0 Å². The molecular formula is C11H18N4O. The van der Waals surface area contributed by atoms with Crippen LogP contribution < -0.4 is 10.6 Å². The number of aromatic nitrogens is 2. The Morgan fingerprint density at radius 3 is 2.94 bits per heavy atom. The predicted octanol–water partition coefficient (Wildman–Crippen LogP) is 0.667. The Morgan fingerprint density at radius 2 is 2.38 bits per heavy atom. The number of carbonyl (C=O) groups excluding carboxylic acids is 1. The third kappa shape index (κ3) is 2.98. The number of carbonyl (C=O) groups is 1. The van der Waals surface area contributed by atoms with E-state index in [0.717, 1.165) is 23.8 Å². The fourth-order valence-corrected chi connectivity index (χ4v) is 1.59. The fourth-order valence-electron chi connectivity index (χ4n) is 1.59. The molecule has 1 aliphatic carbocycles. The van der Waals surface area contributed by atoms with Gasteiger partial charge in [0.15, 0.2) is 0 Å². The van der Waals surface area contributed by atoms with E-state index >= 15 is 0 Å². The summed E-state index contributed by atoms with van der Waals surface area (Å²) in [5.74, 6) is 0.777. The predicted molar refractivity (Wildman–Crippen MR) is 62.2 cm³/mol. The summed E-state index contributed by atoms with van der Waals surface area (Å²) in [5.41, 5.74) is 1.83. The minimum Gasteiger partial charge on any atom is -0.373 e. The number of rotatable bonds is 5. The zero-order chi connectivity index (χ0) is 11.5. The second-order valence-electron chi connectivity index (χ2n) is 4.40. The summed E-state index contributed by atoms with van der Waals surface area (Å²) < 4.78 is 1.74. The molecule has 16 heavy (non-hydrogen) atoms. The van der Waals surface area contributed by atoms with Gasteiger partial charge in [0, 0.05) is 19.8 Å². The molecule has 1 aromatic rings. The second-order valence-corrected chi connectivity index (χ2v) is 4.40. The maximum atomic E-state index is 11.5. The van der Waals surface area contributed by atoms with Crippen molar-refractivity contribution in [1.82, 2.24) is 15.1 Å².